The molecule has 0 radical (unpaired) electrons. The Bertz CT molecular complexity index is 893. The highest BCUT2D eigenvalue weighted by atomic mass is 35.5. The van der Waals surface area contributed by atoms with E-state index in [0.29, 0.717) is 28.1 Å². The number of aryl methyl sites for hydroxylation is 1. The van der Waals surface area contributed by atoms with Gasteiger partial charge in [-0.15, -0.1) is 11.5 Å². The van der Waals surface area contributed by atoms with Crippen LogP contribution in [0.1, 0.15) is 17.0 Å². The van der Waals surface area contributed by atoms with E-state index in [0.717, 1.165) is 16.9 Å². The Hall–Kier alpha value is -2.22. The minimum Gasteiger partial charge on any atom is -0.365 e. The number of halogens is 2. The molecule has 2 aromatic heterocycles. The maximum absolute atomic E-state index is 6.01. The van der Waals surface area contributed by atoms with Gasteiger partial charge in [-0.3, -0.25) is 0 Å². The van der Waals surface area contributed by atoms with Crippen LogP contribution >= 0.6 is 23.2 Å². The maximum Gasteiger partial charge on any atom is 0.155 e. The molecule has 22 heavy (non-hydrogen) atoms. The van der Waals surface area contributed by atoms with Crippen LogP contribution in [0.4, 0.5) is 5.82 Å². The van der Waals surface area contributed by atoms with E-state index in [1.807, 2.05) is 31.2 Å². The minimum atomic E-state index is 0.532. The van der Waals surface area contributed by atoms with Crippen molar-refractivity contribution in [3.63, 3.8) is 0 Å². The molecule has 0 bridgehead atoms. The molecular weight excluding hydrogens is 319 g/mol. The lowest BCUT2D eigenvalue weighted by molar-refractivity contribution is 0.912. The predicted molar refractivity (Wildman–Crippen MR) is 89.4 cm³/mol. The third-order valence-corrected chi connectivity index (χ3v) is 3.99. The number of nitrogens with one attached hydrogen (secondary N) is 1. The largest absolute Gasteiger partial charge is 0.365 e. The smallest absolute Gasteiger partial charge is 0.155 e. The van der Waals surface area contributed by atoms with Gasteiger partial charge in [0.2, 0.25) is 0 Å². The Morgan fingerprint density at radius 1 is 1.23 bits per heavy atom. The van der Waals surface area contributed by atoms with Crippen molar-refractivity contribution in [1.29, 1.82) is 0 Å². The average molecular weight is 331 g/mol. The summed E-state index contributed by atoms with van der Waals surface area (Å²) in [4.78, 5) is 4.36. The first kappa shape index (κ1) is 14.7. The summed E-state index contributed by atoms with van der Waals surface area (Å²) < 4.78 is 1.66. The number of fused-ring (bicyclic) bond motifs is 1. The van der Waals surface area contributed by atoms with Crippen LogP contribution in [0.2, 0.25) is 10.0 Å². The van der Waals surface area contributed by atoms with E-state index < -0.39 is 0 Å². The van der Waals surface area contributed by atoms with Crippen LogP contribution < -0.4 is 5.32 Å². The van der Waals surface area contributed by atoms with Gasteiger partial charge in [-0.2, -0.15) is 0 Å². The van der Waals surface area contributed by atoms with Gasteiger partial charge in [-0.25, -0.2) is 9.50 Å². The van der Waals surface area contributed by atoms with Crippen LogP contribution in [0.5, 0.6) is 0 Å². The molecule has 110 valence electrons. The lowest BCUT2D eigenvalue weighted by Crippen LogP contribution is -2.05. The molecule has 3 aromatic rings. The van der Waals surface area contributed by atoms with Gasteiger partial charge >= 0.3 is 0 Å². The van der Waals surface area contributed by atoms with Crippen molar-refractivity contribution >= 4 is 34.7 Å². The van der Waals surface area contributed by atoms with Crippen LogP contribution in [0.3, 0.4) is 0 Å². The molecule has 0 amide bonds. The van der Waals surface area contributed by atoms with Crippen LogP contribution in [0, 0.1) is 19.3 Å². The number of benzene rings is 1. The van der Waals surface area contributed by atoms with Crippen LogP contribution in [0.25, 0.3) is 5.65 Å². The molecule has 0 fully saturated rings. The second-order valence-electron chi connectivity index (χ2n) is 4.78. The number of rotatable bonds is 3. The molecule has 0 saturated heterocycles. The third-order valence-electron chi connectivity index (χ3n) is 3.25. The molecule has 0 spiro atoms. The zero-order valence-corrected chi connectivity index (χ0v) is 13.3. The summed E-state index contributed by atoms with van der Waals surface area (Å²) in [6, 6.07) is 9.24. The Labute approximate surface area is 138 Å². The Morgan fingerprint density at radius 2 is 2.05 bits per heavy atom. The second kappa shape index (κ2) is 5.88. The first-order valence-electron chi connectivity index (χ1n) is 6.59. The number of anilines is 1. The van der Waals surface area contributed by atoms with E-state index in [4.69, 9.17) is 29.6 Å². The average Bonchev–Trinajstić information content (AvgIpc) is 2.83. The molecule has 3 rings (SSSR count). The van der Waals surface area contributed by atoms with Crippen LogP contribution in [-0.4, -0.2) is 14.6 Å². The number of terminal acetylenes is 1. The van der Waals surface area contributed by atoms with Crippen molar-refractivity contribution in [3.8, 4) is 12.3 Å². The SMILES string of the molecule is C#Cc1c(C)nc2ccc(NCc3ccc(Cl)c(Cl)c3)nn12. The van der Waals surface area contributed by atoms with Crippen molar-refractivity contribution in [3.05, 3.63) is 57.3 Å². The van der Waals surface area contributed by atoms with Gasteiger partial charge in [0.25, 0.3) is 0 Å². The number of hydrogen-bond donors (Lipinski definition) is 1. The van der Waals surface area contributed by atoms with Crippen molar-refractivity contribution in [2.75, 3.05) is 5.32 Å². The number of imidazole rings is 1. The molecule has 6 heteroatoms. The standard InChI is InChI=1S/C16H12Cl2N4/c1-3-14-10(2)20-16-7-6-15(21-22(14)16)19-9-11-4-5-12(17)13(18)8-11/h1,4-8H,9H2,2H3,(H,19,21). The normalized spacial score (nSPS) is 10.6. The van der Waals surface area contributed by atoms with Crippen LogP contribution in [-0.2, 0) is 6.54 Å². The van der Waals surface area contributed by atoms with Crippen molar-refractivity contribution in [2.45, 2.75) is 13.5 Å². The predicted octanol–water partition coefficient (Wildman–Crippen LogP) is 3.94. The second-order valence-corrected chi connectivity index (χ2v) is 5.60. The number of nitrogens with zero attached hydrogens (tertiary/aromatic N) is 3. The van der Waals surface area contributed by atoms with Gasteiger partial charge in [0.1, 0.15) is 11.5 Å². The highest BCUT2D eigenvalue weighted by Gasteiger charge is 2.08. The Balaban J connectivity index is 1.85. The van der Waals surface area contributed by atoms with Crippen molar-refractivity contribution in [2.24, 2.45) is 0 Å². The summed E-state index contributed by atoms with van der Waals surface area (Å²) in [5.74, 6) is 3.31. The fraction of sp³-hybridized carbons (Fsp3) is 0.125. The molecule has 0 atom stereocenters. The monoisotopic (exact) mass is 330 g/mol. The zero-order valence-electron chi connectivity index (χ0n) is 11.8. The molecule has 4 nitrogen and oxygen atoms in total. The summed E-state index contributed by atoms with van der Waals surface area (Å²) in [6.07, 6.45) is 5.51. The van der Waals surface area contributed by atoms with E-state index in [9.17, 15) is 0 Å². The lowest BCUT2D eigenvalue weighted by atomic mass is 10.2. The van der Waals surface area contributed by atoms with Gasteiger partial charge in [0.15, 0.2) is 5.65 Å². The highest BCUT2D eigenvalue weighted by Crippen LogP contribution is 2.23. The van der Waals surface area contributed by atoms with E-state index in [2.05, 4.69) is 21.3 Å². The van der Waals surface area contributed by atoms with Gasteiger partial charge in [0, 0.05) is 6.54 Å². The zero-order chi connectivity index (χ0) is 15.7. The van der Waals surface area contributed by atoms with Gasteiger partial charge < -0.3 is 5.32 Å². The van der Waals surface area contributed by atoms with E-state index in [-0.39, 0.29) is 0 Å². The van der Waals surface area contributed by atoms with Gasteiger partial charge in [-0.05, 0) is 42.7 Å². The summed E-state index contributed by atoms with van der Waals surface area (Å²) in [6.45, 7) is 2.45. The summed E-state index contributed by atoms with van der Waals surface area (Å²) in [5, 5.41) is 8.76. The molecule has 1 N–H and O–H groups in total. The Morgan fingerprint density at radius 3 is 2.77 bits per heavy atom. The summed E-state index contributed by atoms with van der Waals surface area (Å²) in [5.41, 5.74) is 3.19. The summed E-state index contributed by atoms with van der Waals surface area (Å²) >= 11 is 11.9. The lowest BCUT2D eigenvalue weighted by Gasteiger charge is -2.07. The third kappa shape index (κ3) is 2.74. The summed E-state index contributed by atoms with van der Waals surface area (Å²) in [7, 11) is 0. The number of aromatic nitrogens is 3. The number of hydrogen-bond acceptors (Lipinski definition) is 3. The van der Waals surface area contributed by atoms with E-state index >= 15 is 0 Å². The van der Waals surface area contributed by atoms with Crippen molar-refractivity contribution in [1.82, 2.24) is 14.6 Å². The minimum absolute atomic E-state index is 0.532. The van der Waals surface area contributed by atoms with Gasteiger partial charge in [-0.1, -0.05) is 29.3 Å². The fourth-order valence-corrected chi connectivity index (χ4v) is 2.47. The van der Waals surface area contributed by atoms with Crippen LogP contribution in [0.15, 0.2) is 30.3 Å². The van der Waals surface area contributed by atoms with Gasteiger partial charge in [0.05, 0.1) is 15.7 Å². The van der Waals surface area contributed by atoms with E-state index in [1.54, 1.807) is 10.6 Å². The fourth-order valence-electron chi connectivity index (χ4n) is 2.15. The van der Waals surface area contributed by atoms with Crippen molar-refractivity contribution < 1.29 is 0 Å². The molecular formula is C16H12Cl2N4. The van der Waals surface area contributed by atoms with E-state index in [1.165, 1.54) is 0 Å². The molecule has 0 aliphatic heterocycles. The highest BCUT2D eigenvalue weighted by molar-refractivity contribution is 6.42. The first-order valence-corrected chi connectivity index (χ1v) is 7.35. The first-order chi connectivity index (χ1) is 10.6. The molecule has 2 heterocycles. The molecule has 0 unspecified atom stereocenters. The molecule has 1 aromatic carbocycles. The maximum atomic E-state index is 6.01. The molecule has 0 saturated carbocycles. The molecule has 0 aliphatic carbocycles. The Kier molecular flexibility index (Phi) is 3.93. The molecule has 0 aliphatic rings. The topological polar surface area (TPSA) is 42.2 Å². The quantitative estimate of drug-likeness (QED) is 0.739.